The average Bonchev–Trinajstić information content (AvgIpc) is 2.76. The molecule has 2 heterocycles. The lowest BCUT2D eigenvalue weighted by atomic mass is 9.92. The van der Waals surface area contributed by atoms with Crippen LogP contribution in [0.4, 0.5) is 13.2 Å². The second-order valence-electron chi connectivity index (χ2n) is 3.67. The van der Waals surface area contributed by atoms with Gasteiger partial charge in [0.05, 0.1) is 5.56 Å². The Morgan fingerprint density at radius 2 is 1.80 bits per heavy atom. The lowest BCUT2D eigenvalue weighted by molar-refractivity contribution is -0.138. The van der Waals surface area contributed by atoms with Crippen molar-refractivity contribution < 1.29 is 17.9 Å². The van der Waals surface area contributed by atoms with Crippen LogP contribution in [0, 0.1) is 0 Å². The molecule has 3 rings (SSSR count). The summed E-state index contributed by atoms with van der Waals surface area (Å²) in [4.78, 5) is 0. The van der Waals surface area contributed by atoms with Crippen LogP contribution < -0.4 is 0 Å². The minimum atomic E-state index is -4.30. The van der Waals surface area contributed by atoms with Crippen molar-refractivity contribution >= 4 is 0 Å². The van der Waals surface area contributed by atoms with E-state index in [2.05, 4.69) is 0 Å². The van der Waals surface area contributed by atoms with Gasteiger partial charge >= 0.3 is 6.18 Å². The van der Waals surface area contributed by atoms with Gasteiger partial charge in [-0.3, -0.25) is 0 Å². The van der Waals surface area contributed by atoms with E-state index < -0.39 is 17.8 Å². The maximum Gasteiger partial charge on any atom is 0.416 e. The smallest absolute Gasteiger partial charge is 0.357 e. The van der Waals surface area contributed by atoms with Crippen molar-refractivity contribution in [3.05, 3.63) is 47.0 Å². The molecule has 2 aliphatic heterocycles. The molecule has 78 valence electrons. The van der Waals surface area contributed by atoms with Crippen LogP contribution in [-0.2, 0) is 10.9 Å². The summed E-state index contributed by atoms with van der Waals surface area (Å²) >= 11 is 0. The normalized spacial score (nSPS) is 27.1. The van der Waals surface area contributed by atoms with Gasteiger partial charge in [0.25, 0.3) is 0 Å². The predicted octanol–water partition coefficient (Wildman–Crippen LogP) is 3.39. The molecule has 15 heavy (non-hydrogen) atoms. The van der Waals surface area contributed by atoms with Gasteiger partial charge in [-0.2, -0.15) is 13.2 Å². The standard InChI is InChI=1S/C11H7F3O/c12-11(13,14)7-3-1-2-6-8-4-5-9(15-8)10(6)7/h1-5,8-9H. The Morgan fingerprint density at radius 1 is 1.07 bits per heavy atom. The SMILES string of the molecule is FC(F)(F)c1cccc2c1C1C=CC2O1. The fourth-order valence-electron chi connectivity index (χ4n) is 2.19. The quantitative estimate of drug-likeness (QED) is 0.599. The zero-order valence-corrected chi connectivity index (χ0v) is 7.58. The molecule has 0 fully saturated rings. The van der Waals surface area contributed by atoms with Crippen molar-refractivity contribution in [2.75, 3.05) is 0 Å². The summed E-state index contributed by atoms with van der Waals surface area (Å²) in [6.07, 6.45) is -1.61. The molecular weight excluding hydrogens is 205 g/mol. The van der Waals surface area contributed by atoms with Gasteiger partial charge < -0.3 is 4.74 Å². The monoisotopic (exact) mass is 212 g/mol. The van der Waals surface area contributed by atoms with Gasteiger partial charge in [-0.05, 0) is 11.6 Å². The van der Waals surface area contributed by atoms with Crippen molar-refractivity contribution in [2.24, 2.45) is 0 Å². The van der Waals surface area contributed by atoms with Crippen LogP contribution >= 0.6 is 0 Å². The van der Waals surface area contributed by atoms with Gasteiger partial charge in [-0.15, -0.1) is 0 Å². The fourth-order valence-corrected chi connectivity index (χ4v) is 2.19. The Morgan fingerprint density at radius 3 is 2.53 bits per heavy atom. The van der Waals surface area contributed by atoms with E-state index in [1.165, 1.54) is 6.07 Å². The topological polar surface area (TPSA) is 9.23 Å². The molecule has 0 aliphatic carbocycles. The van der Waals surface area contributed by atoms with Crippen LogP contribution in [0.3, 0.4) is 0 Å². The molecule has 2 aliphatic rings. The first-order valence-corrected chi connectivity index (χ1v) is 4.61. The lowest BCUT2D eigenvalue weighted by Gasteiger charge is -2.15. The highest BCUT2D eigenvalue weighted by Crippen LogP contribution is 2.50. The molecule has 1 aromatic carbocycles. The molecule has 4 heteroatoms. The van der Waals surface area contributed by atoms with Gasteiger partial charge in [-0.1, -0.05) is 24.3 Å². The maximum atomic E-state index is 12.7. The number of benzene rings is 1. The number of hydrogen-bond donors (Lipinski definition) is 0. The average molecular weight is 212 g/mol. The van der Waals surface area contributed by atoms with E-state index in [1.54, 1.807) is 18.2 Å². The molecule has 2 unspecified atom stereocenters. The molecule has 1 nitrogen and oxygen atoms in total. The van der Waals surface area contributed by atoms with Crippen molar-refractivity contribution in [1.29, 1.82) is 0 Å². The van der Waals surface area contributed by atoms with Gasteiger partial charge in [-0.25, -0.2) is 0 Å². The third-order valence-electron chi connectivity index (χ3n) is 2.79. The van der Waals surface area contributed by atoms with E-state index >= 15 is 0 Å². The zero-order valence-electron chi connectivity index (χ0n) is 7.58. The Labute approximate surface area is 84.2 Å². The van der Waals surface area contributed by atoms with Crippen LogP contribution in [0.15, 0.2) is 30.4 Å². The van der Waals surface area contributed by atoms with E-state index in [1.807, 2.05) is 0 Å². The first kappa shape index (κ1) is 8.97. The Hall–Kier alpha value is -1.29. The van der Waals surface area contributed by atoms with E-state index in [0.29, 0.717) is 5.56 Å². The highest BCUT2D eigenvalue weighted by Gasteiger charge is 2.42. The zero-order chi connectivity index (χ0) is 10.6. The van der Waals surface area contributed by atoms with Crippen molar-refractivity contribution in [2.45, 2.75) is 18.4 Å². The molecule has 1 aromatic rings. The fraction of sp³-hybridized carbons (Fsp3) is 0.273. The molecule has 0 radical (unpaired) electrons. The number of ether oxygens (including phenoxy) is 1. The number of fused-ring (bicyclic) bond motifs is 5. The van der Waals surface area contributed by atoms with Crippen LogP contribution in [0.2, 0.25) is 0 Å². The van der Waals surface area contributed by atoms with Gasteiger partial charge in [0, 0.05) is 5.56 Å². The van der Waals surface area contributed by atoms with Crippen LogP contribution in [-0.4, -0.2) is 0 Å². The summed E-state index contributed by atoms with van der Waals surface area (Å²) in [6.45, 7) is 0. The lowest BCUT2D eigenvalue weighted by Crippen LogP contribution is -2.11. The highest BCUT2D eigenvalue weighted by atomic mass is 19.4. The first-order valence-electron chi connectivity index (χ1n) is 4.61. The molecule has 0 saturated carbocycles. The summed E-state index contributed by atoms with van der Waals surface area (Å²) in [7, 11) is 0. The maximum absolute atomic E-state index is 12.7. The third kappa shape index (κ3) is 1.14. The minimum absolute atomic E-state index is 0.285. The molecular formula is C11H7F3O. The molecule has 0 N–H and O–H groups in total. The second-order valence-corrected chi connectivity index (χ2v) is 3.67. The van der Waals surface area contributed by atoms with Crippen molar-refractivity contribution in [3.8, 4) is 0 Å². The number of alkyl halides is 3. The molecule has 0 aromatic heterocycles. The molecule has 2 atom stereocenters. The highest BCUT2D eigenvalue weighted by molar-refractivity contribution is 5.48. The van der Waals surface area contributed by atoms with Gasteiger partial charge in [0.1, 0.15) is 12.2 Å². The number of hydrogen-bond acceptors (Lipinski definition) is 1. The van der Waals surface area contributed by atoms with E-state index in [-0.39, 0.29) is 11.7 Å². The molecule has 0 saturated heterocycles. The summed E-state index contributed by atoms with van der Waals surface area (Å²) in [5, 5.41) is 0. The van der Waals surface area contributed by atoms with Crippen molar-refractivity contribution in [1.82, 2.24) is 0 Å². The van der Waals surface area contributed by atoms with E-state index in [9.17, 15) is 13.2 Å². The molecule has 0 spiro atoms. The Bertz CT molecular complexity index is 448. The van der Waals surface area contributed by atoms with Crippen molar-refractivity contribution in [3.63, 3.8) is 0 Å². The summed E-state index contributed by atoms with van der Waals surface area (Å²) in [6, 6.07) is 4.23. The summed E-state index contributed by atoms with van der Waals surface area (Å²) < 4.78 is 43.4. The predicted molar refractivity (Wildman–Crippen MR) is 47.2 cm³/mol. The summed E-state index contributed by atoms with van der Waals surface area (Å²) in [5.41, 5.74) is 0.367. The van der Waals surface area contributed by atoms with E-state index in [4.69, 9.17) is 4.74 Å². The Kier molecular flexibility index (Phi) is 1.58. The number of rotatable bonds is 0. The van der Waals surface area contributed by atoms with Gasteiger partial charge in [0.2, 0.25) is 0 Å². The minimum Gasteiger partial charge on any atom is -0.357 e. The first-order chi connectivity index (χ1) is 7.07. The molecule has 0 amide bonds. The van der Waals surface area contributed by atoms with Crippen LogP contribution in [0.1, 0.15) is 28.9 Å². The van der Waals surface area contributed by atoms with E-state index in [0.717, 1.165) is 6.07 Å². The third-order valence-corrected chi connectivity index (χ3v) is 2.79. The van der Waals surface area contributed by atoms with Crippen LogP contribution in [0.25, 0.3) is 0 Å². The second kappa shape index (κ2) is 2.64. The molecule has 2 bridgehead atoms. The van der Waals surface area contributed by atoms with Gasteiger partial charge in [0.15, 0.2) is 0 Å². The summed E-state index contributed by atoms with van der Waals surface area (Å²) in [5.74, 6) is 0. The number of halogens is 3. The Balaban J connectivity index is 2.22. The van der Waals surface area contributed by atoms with Crippen LogP contribution in [0.5, 0.6) is 0 Å². The largest absolute Gasteiger partial charge is 0.416 e.